The Morgan fingerprint density at radius 1 is 1.19 bits per heavy atom. The molecule has 0 saturated carbocycles. The van der Waals surface area contributed by atoms with E-state index in [9.17, 15) is 14.3 Å². The fourth-order valence-corrected chi connectivity index (χ4v) is 5.08. The van der Waals surface area contributed by atoms with E-state index in [1.54, 1.807) is 0 Å². The first-order valence-electron chi connectivity index (χ1n) is 11.2. The van der Waals surface area contributed by atoms with Crippen molar-refractivity contribution in [1.82, 2.24) is 0 Å². The molecule has 164 valence electrons. The first kappa shape index (κ1) is 21.6. The smallest absolute Gasteiger partial charge is 0.163 e. The maximum atomic E-state index is 13.1. The van der Waals surface area contributed by atoms with Crippen LogP contribution in [0.2, 0.25) is 0 Å². The van der Waals surface area contributed by atoms with Crippen molar-refractivity contribution in [3.63, 3.8) is 0 Å². The molecule has 4 rings (SSSR count). The number of phenolic OH excluding ortho intramolecular Hbond substituents is 1. The number of carbonyl (C=O) groups excluding carboxylic acids is 1. The van der Waals surface area contributed by atoms with Gasteiger partial charge < -0.3 is 9.84 Å². The van der Waals surface area contributed by atoms with Crippen molar-refractivity contribution in [3.05, 3.63) is 64.5 Å². The van der Waals surface area contributed by atoms with Crippen LogP contribution in [-0.2, 0) is 11.2 Å². The highest BCUT2D eigenvalue weighted by Crippen LogP contribution is 2.51. The first-order chi connectivity index (χ1) is 14.7. The van der Waals surface area contributed by atoms with E-state index in [1.165, 1.54) is 12.1 Å². The van der Waals surface area contributed by atoms with Crippen molar-refractivity contribution >= 4 is 11.4 Å². The summed E-state index contributed by atoms with van der Waals surface area (Å²) in [6, 6.07) is 10.5. The highest BCUT2D eigenvalue weighted by atomic mass is 19.1. The Morgan fingerprint density at radius 3 is 2.61 bits per heavy atom. The number of hydrogen-bond donors (Lipinski definition) is 1. The predicted octanol–water partition coefficient (Wildman–Crippen LogP) is 6.58. The van der Waals surface area contributed by atoms with Crippen molar-refractivity contribution in [3.8, 4) is 11.5 Å². The molecule has 0 spiro atoms. The van der Waals surface area contributed by atoms with Crippen LogP contribution in [0.1, 0.15) is 76.0 Å². The van der Waals surface area contributed by atoms with Crippen molar-refractivity contribution < 1.29 is 19.0 Å². The predicted molar refractivity (Wildman–Crippen MR) is 121 cm³/mol. The van der Waals surface area contributed by atoms with Gasteiger partial charge in [0, 0.05) is 12.0 Å². The first-order valence-corrected chi connectivity index (χ1v) is 11.2. The molecule has 0 aromatic heterocycles. The molecule has 1 aliphatic carbocycles. The average Bonchev–Trinajstić information content (AvgIpc) is 2.67. The van der Waals surface area contributed by atoms with E-state index in [4.69, 9.17) is 4.74 Å². The Kier molecular flexibility index (Phi) is 5.67. The summed E-state index contributed by atoms with van der Waals surface area (Å²) >= 11 is 0. The van der Waals surface area contributed by atoms with Crippen LogP contribution in [0.3, 0.4) is 0 Å². The molecule has 2 aliphatic rings. The van der Waals surface area contributed by atoms with Crippen LogP contribution in [0.5, 0.6) is 11.5 Å². The standard InChI is InChI=1S/C27H31FO3/c1-16-12-21-25-22(29)14-19(15-24(25)31-27(3,4)26(21)23(30)13-16)17(2)6-5-7-18-8-10-20(28)11-9-18/h8-11,14-17,29H,5-7,12-13H2,1-4H3. The number of allylic oxidation sites excluding steroid dienone is 1. The number of phenols is 1. The van der Waals surface area contributed by atoms with Gasteiger partial charge in [-0.2, -0.15) is 0 Å². The highest BCUT2D eigenvalue weighted by Gasteiger charge is 2.42. The molecule has 0 radical (unpaired) electrons. The Hall–Kier alpha value is -2.62. The van der Waals surface area contributed by atoms with Crippen molar-refractivity contribution in [2.45, 2.75) is 71.3 Å². The molecular weight excluding hydrogens is 391 g/mol. The lowest BCUT2D eigenvalue weighted by Crippen LogP contribution is -2.40. The second-order valence-electron chi connectivity index (χ2n) is 9.74. The van der Waals surface area contributed by atoms with Gasteiger partial charge in [-0.3, -0.25) is 4.79 Å². The molecule has 0 fully saturated rings. The van der Waals surface area contributed by atoms with E-state index in [0.717, 1.165) is 42.4 Å². The molecule has 0 amide bonds. The number of ether oxygens (including phenoxy) is 1. The molecule has 31 heavy (non-hydrogen) atoms. The molecule has 1 N–H and O–H groups in total. The SMILES string of the molecule is CC1CC(=O)C2=C(C1)c1c(O)cc(C(C)CCCc3ccc(F)cc3)cc1OC2(C)C. The fourth-order valence-electron chi connectivity index (χ4n) is 5.08. The van der Waals surface area contributed by atoms with Crippen LogP contribution < -0.4 is 4.74 Å². The molecule has 0 bridgehead atoms. The van der Waals surface area contributed by atoms with E-state index in [2.05, 4.69) is 13.8 Å². The van der Waals surface area contributed by atoms with Crippen LogP contribution in [0.15, 0.2) is 42.0 Å². The summed E-state index contributed by atoms with van der Waals surface area (Å²) in [4.78, 5) is 12.8. The fraction of sp³-hybridized carbons (Fsp3) is 0.444. The Bertz CT molecular complexity index is 1030. The van der Waals surface area contributed by atoms with E-state index < -0.39 is 5.60 Å². The third kappa shape index (κ3) is 4.26. The van der Waals surface area contributed by atoms with Crippen LogP contribution >= 0.6 is 0 Å². The zero-order valence-electron chi connectivity index (χ0n) is 18.8. The minimum absolute atomic E-state index is 0.127. The lowest BCUT2D eigenvalue weighted by atomic mass is 9.73. The maximum absolute atomic E-state index is 13.1. The van der Waals surface area contributed by atoms with Gasteiger partial charge in [-0.25, -0.2) is 4.39 Å². The quantitative estimate of drug-likeness (QED) is 0.592. The molecule has 2 atom stereocenters. The van der Waals surface area contributed by atoms with E-state index in [0.29, 0.717) is 23.3 Å². The maximum Gasteiger partial charge on any atom is 0.163 e. The van der Waals surface area contributed by atoms with Gasteiger partial charge in [0.05, 0.1) is 5.56 Å². The number of Topliss-reactive ketones (excluding diaryl/α,β-unsaturated/α-hetero) is 1. The molecule has 2 aromatic carbocycles. The Morgan fingerprint density at radius 2 is 1.90 bits per heavy atom. The lowest BCUT2D eigenvalue weighted by Gasteiger charge is -2.40. The molecule has 2 unspecified atom stereocenters. The van der Waals surface area contributed by atoms with E-state index in [-0.39, 0.29) is 29.2 Å². The molecule has 4 heteroatoms. The van der Waals surface area contributed by atoms with Crippen LogP contribution in [-0.4, -0.2) is 16.5 Å². The second-order valence-corrected chi connectivity index (χ2v) is 9.74. The molecule has 3 nitrogen and oxygen atoms in total. The van der Waals surface area contributed by atoms with E-state index >= 15 is 0 Å². The van der Waals surface area contributed by atoms with Crippen LogP contribution in [0.25, 0.3) is 5.57 Å². The molecule has 1 heterocycles. The summed E-state index contributed by atoms with van der Waals surface area (Å²) in [5.41, 5.74) is 3.82. The third-order valence-corrected chi connectivity index (χ3v) is 6.62. The summed E-state index contributed by atoms with van der Waals surface area (Å²) < 4.78 is 19.4. The van der Waals surface area contributed by atoms with Crippen molar-refractivity contribution in [2.24, 2.45) is 5.92 Å². The Labute approximate surface area is 183 Å². The monoisotopic (exact) mass is 422 g/mol. The number of rotatable bonds is 5. The van der Waals surface area contributed by atoms with Crippen LogP contribution in [0, 0.1) is 11.7 Å². The lowest BCUT2D eigenvalue weighted by molar-refractivity contribution is -0.118. The topological polar surface area (TPSA) is 46.5 Å². The molecule has 1 aliphatic heterocycles. The number of fused-ring (bicyclic) bond motifs is 2. The van der Waals surface area contributed by atoms with Gasteiger partial charge in [-0.15, -0.1) is 0 Å². The normalized spacial score (nSPS) is 20.7. The molecule has 0 saturated heterocycles. The number of aryl methyl sites for hydroxylation is 1. The van der Waals surface area contributed by atoms with E-state index in [1.807, 2.05) is 38.1 Å². The minimum atomic E-state index is -0.698. The Balaban J connectivity index is 1.57. The zero-order chi connectivity index (χ0) is 22.3. The number of aromatic hydroxyl groups is 1. The average molecular weight is 423 g/mol. The molecule has 2 aromatic rings. The van der Waals surface area contributed by atoms with Gasteiger partial charge in [0.15, 0.2) is 5.78 Å². The summed E-state index contributed by atoms with van der Waals surface area (Å²) in [7, 11) is 0. The summed E-state index contributed by atoms with van der Waals surface area (Å²) in [5, 5.41) is 10.9. The van der Waals surface area contributed by atoms with Gasteiger partial charge in [-0.1, -0.05) is 26.0 Å². The summed E-state index contributed by atoms with van der Waals surface area (Å²) in [6.07, 6.45) is 4.12. The van der Waals surface area contributed by atoms with Gasteiger partial charge >= 0.3 is 0 Å². The van der Waals surface area contributed by atoms with Crippen molar-refractivity contribution in [1.29, 1.82) is 0 Å². The number of ketones is 1. The zero-order valence-corrected chi connectivity index (χ0v) is 18.8. The van der Waals surface area contributed by atoms with Gasteiger partial charge in [-0.05, 0) is 92.3 Å². The van der Waals surface area contributed by atoms with Gasteiger partial charge in [0.1, 0.15) is 22.9 Å². The highest BCUT2D eigenvalue weighted by molar-refractivity contribution is 6.07. The minimum Gasteiger partial charge on any atom is -0.507 e. The van der Waals surface area contributed by atoms with Gasteiger partial charge in [0.2, 0.25) is 0 Å². The number of carbonyl (C=O) groups is 1. The summed E-state index contributed by atoms with van der Waals surface area (Å²) in [6.45, 7) is 8.11. The number of hydrogen-bond acceptors (Lipinski definition) is 3. The van der Waals surface area contributed by atoms with Crippen molar-refractivity contribution in [2.75, 3.05) is 0 Å². The largest absolute Gasteiger partial charge is 0.507 e. The number of benzene rings is 2. The number of halogens is 1. The third-order valence-electron chi connectivity index (χ3n) is 6.62. The van der Waals surface area contributed by atoms with Crippen LogP contribution in [0.4, 0.5) is 4.39 Å². The molecular formula is C27H31FO3. The second kappa shape index (κ2) is 8.14. The van der Waals surface area contributed by atoms with Gasteiger partial charge in [0.25, 0.3) is 0 Å². The summed E-state index contributed by atoms with van der Waals surface area (Å²) in [5.74, 6) is 1.29.